The molecule has 34 heavy (non-hydrogen) atoms. The zero-order chi connectivity index (χ0) is 23.8. The van der Waals surface area contributed by atoms with Gasteiger partial charge in [-0.2, -0.15) is 5.10 Å². The van der Waals surface area contributed by atoms with E-state index < -0.39 is 4.92 Å². The molecule has 4 aromatic carbocycles. The molecule has 0 unspecified atom stereocenters. The van der Waals surface area contributed by atoms with E-state index >= 15 is 0 Å². The Bertz CT molecular complexity index is 1260. The lowest BCUT2D eigenvalue weighted by atomic mass is 10.1. The Morgan fingerprint density at radius 3 is 1.91 bits per heavy atom. The van der Waals surface area contributed by atoms with Gasteiger partial charge in [-0.05, 0) is 60.2 Å². The number of hydrazone groups is 1. The van der Waals surface area contributed by atoms with Crippen LogP contribution in [0.2, 0.25) is 0 Å². The van der Waals surface area contributed by atoms with Gasteiger partial charge in [0.05, 0.1) is 11.1 Å². The Kier molecular flexibility index (Phi) is 7.22. The summed E-state index contributed by atoms with van der Waals surface area (Å²) < 4.78 is 0. The molecule has 0 aliphatic heterocycles. The van der Waals surface area contributed by atoms with Gasteiger partial charge in [-0.25, -0.2) is 0 Å². The Labute approximate surface area is 202 Å². The Morgan fingerprint density at radius 1 is 0.794 bits per heavy atom. The zero-order valence-electron chi connectivity index (χ0n) is 18.0. The number of rotatable bonds is 7. The first-order chi connectivity index (χ1) is 16.6. The van der Waals surface area contributed by atoms with Crippen LogP contribution in [0.5, 0.6) is 0 Å². The molecule has 2 N–H and O–H groups in total. The first kappa shape index (κ1) is 22.6. The molecule has 7 nitrogen and oxygen atoms in total. The van der Waals surface area contributed by atoms with E-state index in [4.69, 9.17) is 12.2 Å². The maximum Gasteiger partial charge on any atom is 0.292 e. The maximum atomic E-state index is 11.1. The molecule has 0 aliphatic carbocycles. The molecule has 168 valence electrons. The smallest absolute Gasteiger partial charge is 0.292 e. The molecule has 8 heteroatoms. The van der Waals surface area contributed by atoms with E-state index in [9.17, 15) is 10.1 Å². The zero-order valence-corrected chi connectivity index (χ0v) is 18.9. The monoisotopic (exact) mass is 467 g/mol. The summed E-state index contributed by atoms with van der Waals surface area (Å²) in [6.07, 6.45) is 1.63. The third kappa shape index (κ3) is 5.62. The van der Waals surface area contributed by atoms with Crippen LogP contribution >= 0.6 is 12.2 Å². The van der Waals surface area contributed by atoms with Gasteiger partial charge < -0.3 is 10.2 Å². The highest BCUT2D eigenvalue weighted by atomic mass is 32.1. The summed E-state index contributed by atoms with van der Waals surface area (Å²) in [4.78, 5) is 12.8. The SMILES string of the molecule is O=[N+]([O-])c1ccccc1NC(=S)NN=Cc1ccc(N(c2ccccc2)c2ccccc2)cc1. The lowest BCUT2D eigenvalue weighted by Gasteiger charge is -2.25. The maximum absolute atomic E-state index is 11.1. The number of thiocarbonyl (C=S) groups is 1. The second kappa shape index (κ2) is 10.8. The number of hydrogen-bond acceptors (Lipinski definition) is 5. The molecule has 4 aromatic rings. The number of nitro groups is 1. The molecule has 0 radical (unpaired) electrons. The van der Waals surface area contributed by atoms with Gasteiger partial charge in [0, 0.05) is 23.1 Å². The van der Waals surface area contributed by atoms with Crippen molar-refractivity contribution < 1.29 is 4.92 Å². The number of benzene rings is 4. The van der Waals surface area contributed by atoms with Gasteiger partial charge in [-0.3, -0.25) is 15.5 Å². The van der Waals surface area contributed by atoms with Crippen LogP contribution in [-0.2, 0) is 0 Å². The van der Waals surface area contributed by atoms with Crippen molar-refractivity contribution in [1.82, 2.24) is 5.43 Å². The topological polar surface area (TPSA) is 82.8 Å². The van der Waals surface area contributed by atoms with Gasteiger partial charge in [-0.1, -0.05) is 60.7 Å². The van der Waals surface area contributed by atoms with E-state index in [1.54, 1.807) is 24.4 Å². The minimum Gasteiger partial charge on any atom is -0.326 e. The second-order valence-corrected chi connectivity index (χ2v) is 7.60. The first-order valence-electron chi connectivity index (χ1n) is 10.5. The predicted molar refractivity (Wildman–Crippen MR) is 141 cm³/mol. The molecule has 0 saturated heterocycles. The van der Waals surface area contributed by atoms with Crippen molar-refractivity contribution in [1.29, 1.82) is 0 Å². The lowest BCUT2D eigenvalue weighted by molar-refractivity contribution is -0.383. The van der Waals surface area contributed by atoms with Gasteiger partial charge in [0.25, 0.3) is 5.69 Å². The van der Waals surface area contributed by atoms with Crippen LogP contribution < -0.4 is 15.6 Å². The number of nitro benzene ring substituents is 1. The number of hydrogen-bond donors (Lipinski definition) is 2. The fraction of sp³-hybridized carbons (Fsp3) is 0. The largest absolute Gasteiger partial charge is 0.326 e. The molecule has 0 bridgehead atoms. The molecule has 0 aromatic heterocycles. The van der Waals surface area contributed by atoms with E-state index in [-0.39, 0.29) is 10.8 Å². The van der Waals surface area contributed by atoms with E-state index in [1.807, 2.05) is 60.7 Å². The predicted octanol–water partition coefficient (Wildman–Crippen LogP) is 6.39. The highest BCUT2D eigenvalue weighted by molar-refractivity contribution is 7.80. The van der Waals surface area contributed by atoms with Crippen LogP contribution in [-0.4, -0.2) is 16.3 Å². The van der Waals surface area contributed by atoms with Crippen molar-refractivity contribution in [3.05, 3.63) is 125 Å². The van der Waals surface area contributed by atoms with Crippen LogP contribution in [0, 0.1) is 10.1 Å². The average Bonchev–Trinajstić information content (AvgIpc) is 2.87. The fourth-order valence-electron chi connectivity index (χ4n) is 3.37. The fourth-order valence-corrected chi connectivity index (χ4v) is 3.53. The van der Waals surface area contributed by atoms with Crippen LogP contribution in [0.25, 0.3) is 0 Å². The van der Waals surface area contributed by atoms with E-state index in [0.717, 1.165) is 22.6 Å². The van der Waals surface area contributed by atoms with Gasteiger partial charge in [0.15, 0.2) is 5.11 Å². The second-order valence-electron chi connectivity index (χ2n) is 7.20. The Morgan fingerprint density at radius 2 is 1.32 bits per heavy atom. The van der Waals surface area contributed by atoms with Gasteiger partial charge in [0.1, 0.15) is 5.69 Å². The van der Waals surface area contributed by atoms with Crippen LogP contribution in [0.4, 0.5) is 28.4 Å². The molecular formula is C26H21N5O2S. The molecule has 0 saturated carbocycles. The first-order valence-corrected chi connectivity index (χ1v) is 10.9. The molecule has 0 heterocycles. The third-order valence-corrected chi connectivity index (χ3v) is 5.10. The highest BCUT2D eigenvalue weighted by Gasteiger charge is 2.13. The van der Waals surface area contributed by atoms with Gasteiger partial charge in [0.2, 0.25) is 0 Å². The standard InChI is InChI=1S/C26H21N5O2S/c32-31(33)25-14-8-7-13-24(25)28-26(34)29-27-19-20-15-17-23(18-16-20)30(21-9-3-1-4-10-21)22-11-5-2-6-12-22/h1-19H,(H2,28,29,34). The summed E-state index contributed by atoms with van der Waals surface area (Å²) in [7, 11) is 0. The van der Waals surface area contributed by atoms with E-state index in [2.05, 4.69) is 45.0 Å². The summed E-state index contributed by atoms with van der Waals surface area (Å²) in [5.41, 5.74) is 6.92. The number of nitrogens with one attached hydrogen (secondary N) is 2. The third-order valence-electron chi connectivity index (χ3n) is 4.91. The molecule has 0 amide bonds. The Hall–Kier alpha value is -4.56. The molecule has 0 aliphatic rings. The summed E-state index contributed by atoms with van der Waals surface area (Å²) >= 11 is 5.20. The average molecular weight is 468 g/mol. The molecule has 0 spiro atoms. The summed E-state index contributed by atoms with van der Waals surface area (Å²) in [6.45, 7) is 0. The summed E-state index contributed by atoms with van der Waals surface area (Å²) in [5.74, 6) is 0. The number of para-hydroxylation sites is 4. The highest BCUT2D eigenvalue weighted by Crippen LogP contribution is 2.33. The Balaban J connectivity index is 1.45. The van der Waals surface area contributed by atoms with Crippen molar-refractivity contribution in [3.8, 4) is 0 Å². The molecule has 0 atom stereocenters. The number of nitrogens with zero attached hydrogens (tertiary/aromatic N) is 3. The van der Waals surface area contributed by atoms with Crippen molar-refractivity contribution in [3.63, 3.8) is 0 Å². The molecular weight excluding hydrogens is 446 g/mol. The number of anilines is 4. The van der Waals surface area contributed by atoms with Gasteiger partial charge in [-0.15, -0.1) is 0 Å². The van der Waals surface area contributed by atoms with Gasteiger partial charge >= 0.3 is 0 Å². The minimum atomic E-state index is -0.468. The quantitative estimate of drug-likeness (QED) is 0.142. The van der Waals surface area contributed by atoms with Crippen molar-refractivity contribution in [2.45, 2.75) is 0 Å². The van der Waals surface area contributed by atoms with Crippen molar-refractivity contribution in [2.24, 2.45) is 5.10 Å². The summed E-state index contributed by atoms with van der Waals surface area (Å²) in [6, 6.07) is 34.5. The summed E-state index contributed by atoms with van der Waals surface area (Å²) in [5, 5.41) is 18.2. The normalized spacial score (nSPS) is 10.6. The van der Waals surface area contributed by atoms with E-state index in [1.165, 1.54) is 6.07 Å². The van der Waals surface area contributed by atoms with Crippen molar-refractivity contribution >= 4 is 52.0 Å². The van der Waals surface area contributed by atoms with Crippen LogP contribution in [0.3, 0.4) is 0 Å². The molecule has 4 rings (SSSR count). The minimum absolute atomic E-state index is 0.0624. The van der Waals surface area contributed by atoms with Crippen molar-refractivity contribution in [2.75, 3.05) is 10.2 Å². The van der Waals surface area contributed by atoms with Crippen LogP contribution in [0.15, 0.2) is 114 Å². The molecule has 0 fully saturated rings. The van der Waals surface area contributed by atoms with E-state index in [0.29, 0.717) is 5.69 Å². The lowest BCUT2D eigenvalue weighted by Crippen LogP contribution is -2.24. The van der Waals surface area contributed by atoms with Crippen LogP contribution in [0.1, 0.15) is 5.56 Å².